The van der Waals surface area contributed by atoms with Gasteiger partial charge in [0.25, 0.3) is 0 Å². The highest BCUT2D eigenvalue weighted by atomic mass is 19.4. The van der Waals surface area contributed by atoms with Crippen LogP contribution in [0.2, 0.25) is 0 Å². The third-order valence-corrected chi connectivity index (χ3v) is 3.28. The second-order valence-electron chi connectivity index (χ2n) is 4.74. The first kappa shape index (κ1) is 13.2. The second kappa shape index (κ2) is 5.18. The summed E-state index contributed by atoms with van der Waals surface area (Å²) in [6.07, 6.45) is -0.814. The fraction of sp³-hybridized carbons (Fsp3) is 0.538. The number of hydrogen-bond donors (Lipinski definition) is 1. The van der Waals surface area contributed by atoms with E-state index in [9.17, 15) is 13.2 Å². The minimum Gasteiger partial charge on any atom is -0.406 e. The SMILES string of the molecule is NC1CCCC(c2cccc(OC(F)(F)F)c2)C1. The van der Waals surface area contributed by atoms with E-state index in [-0.39, 0.29) is 17.7 Å². The van der Waals surface area contributed by atoms with E-state index < -0.39 is 6.36 Å². The molecular formula is C13H16F3NO. The Labute approximate surface area is 104 Å². The molecule has 1 aromatic rings. The summed E-state index contributed by atoms with van der Waals surface area (Å²) in [5, 5.41) is 0. The Bertz CT molecular complexity index is 405. The van der Waals surface area contributed by atoms with Crippen LogP contribution in [0.4, 0.5) is 13.2 Å². The Kier molecular flexibility index (Phi) is 3.80. The Hall–Kier alpha value is -1.23. The number of benzene rings is 1. The Balaban J connectivity index is 2.11. The number of rotatable bonds is 2. The number of hydrogen-bond acceptors (Lipinski definition) is 2. The zero-order chi connectivity index (χ0) is 13.2. The minimum atomic E-state index is -4.64. The zero-order valence-corrected chi connectivity index (χ0v) is 9.91. The molecule has 100 valence electrons. The molecule has 2 atom stereocenters. The van der Waals surface area contributed by atoms with E-state index in [1.165, 1.54) is 12.1 Å². The molecule has 0 heterocycles. The molecule has 0 bridgehead atoms. The lowest BCUT2D eigenvalue weighted by molar-refractivity contribution is -0.274. The molecule has 2 nitrogen and oxygen atoms in total. The zero-order valence-electron chi connectivity index (χ0n) is 9.91. The van der Waals surface area contributed by atoms with E-state index in [1.54, 1.807) is 6.07 Å². The quantitative estimate of drug-likeness (QED) is 0.881. The molecular weight excluding hydrogens is 243 g/mol. The maximum absolute atomic E-state index is 12.1. The van der Waals surface area contributed by atoms with Gasteiger partial charge in [0.1, 0.15) is 5.75 Å². The van der Waals surface area contributed by atoms with Crippen LogP contribution < -0.4 is 10.5 Å². The van der Waals surface area contributed by atoms with Gasteiger partial charge in [0, 0.05) is 6.04 Å². The fourth-order valence-corrected chi connectivity index (χ4v) is 2.50. The van der Waals surface area contributed by atoms with Crippen LogP contribution in [0.25, 0.3) is 0 Å². The minimum absolute atomic E-state index is 0.149. The molecule has 0 saturated heterocycles. The third-order valence-electron chi connectivity index (χ3n) is 3.28. The molecule has 1 saturated carbocycles. The van der Waals surface area contributed by atoms with Gasteiger partial charge in [-0.1, -0.05) is 18.6 Å². The Morgan fingerprint density at radius 2 is 2.00 bits per heavy atom. The van der Waals surface area contributed by atoms with Gasteiger partial charge < -0.3 is 10.5 Å². The molecule has 2 N–H and O–H groups in total. The van der Waals surface area contributed by atoms with Gasteiger partial charge in [-0.3, -0.25) is 0 Å². The van der Waals surface area contributed by atoms with Crippen molar-refractivity contribution in [2.75, 3.05) is 0 Å². The number of alkyl halides is 3. The molecule has 1 aromatic carbocycles. The molecule has 5 heteroatoms. The smallest absolute Gasteiger partial charge is 0.406 e. The average molecular weight is 259 g/mol. The summed E-state index contributed by atoms with van der Waals surface area (Å²) in [6.45, 7) is 0. The van der Waals surface area contributed by atoms with Gasteiger partial charge in [0.05, 0.1) is 0 Å². The number of halogens is 3. The van der Waals surface area contributed by atoms with Crippen molar-refractivity contribution in [2.45, 2.75) is 44.0 Å². The highest BCUT2D eigenvalue weighted by Crippen LogP contribution is 2.34. The molecule has 0 aromatic heterocycles. The normalized spacial score (nSPS) is 24.9. The van der Waals surface area contributed by atoms with Crippen molar-refractivity contribution in [1.82, 2.24) is 0 Å². The molecule has 0 aliphatic heterocycles. The van der Waals surface area contributed by atoms with Crippen LogP contribution in [0.5, 0.6) is 5.75 Å². The molecule has 2 unspecified atom stereocenters. The van der Waals surface area contributed by atoms with Crippen LogP contribution in [0.15, 0.2) is 24.3 Å². The summed E-state index contributed by atoms with van der Waals surface area (Å²) in [5.74, 6) is 0.0877. The molecule has 1 fully saturated rings. The Morgan fingerprint density at radius 3 is 2.67 bits per heavy atom. The van der Waals surface area contributed by atoms with Crippen LogP contribution in [-0.2, 0) is 0 Å². The molecule has 0 amide bonds. The average Bonchev–Trinajstić information content (AvgIpc) is 2.27. The van der Waals surface area contributed by atoms with E-state index in [2.05, 4.69) is 4.74 Å². The highest BCUT2D eigenvalue weighted by Gasteiger charge is 2.31. The van der Waals surface area contributed by atoms with Gasteiger partial charge in [-0.2, -0.15) is 0 Å². The highest BCUT2D eigenvalue weighted by molar-refractivity contribution is 5.31. The molecule has 2 rings (SSSR count). The largest absolute Gasteiger partial charge is 0.573 e. The lowest BCUT2D eigenvalue weighted by Crippen LogP contribution is -2.26. The van der Waals surface area contributed by atoms with Crippen LogP contribution in [0.3, 0.4) is 0 Å². The lowest BCUT2D eigenvalue weighted by Gasteiger charge is -2.27. The Morgan fingerprint density at radius 1 is 1.22 bits per heavy atom. The van der Waals surface area contributed by atoms with Gasteiger partial charge >= 0.3 is 6.36 Å². The molecule has 0 radical (unpaired) electrons. The first-order valence-electron chi connectivity index (χ1n) is 6.05. The third kappa shape index (κ3) is 3.63. The van der Waals surface area contributed by atoms with Crippen LogP contribution in [0.1, 0.15) is 37.2 Å². The second-order valence-corrected chi connectivity index (χ2v) is 4.74. The van der Waals surface area contributed by atoms with Gasteiger partial charge in [-0.15, -0.1) is 13.2 Å². The van der Waals surface area contributed by atoms with Crippen LogP contribution in [0, 0.1) is 0 Å². The van der Waals surface area contributed by atoms with Crippen molar-refractivity contribution in [3.8, 4) is 5.75 Å². The van der Waals surface area contributed by atoms with Crippen molar-refractivity contribution >= 4 is 0 Å². The molecule has 1 aliphatic carbocycles. The summed E-state index contributed by atoms with van der Waals surface area (Å²) >= 11 is 0. The summed E-state index contributed by atoms with van der Waals surface area (Å²) in [6, 6.07) is 6.37. The molecule has 1 aliphatic rings. The molecule has 0 spiro atoms. The molecule has 18 heavy (non-hydrogen) atoms. The standard InChI is InChI=1S/C13H16F3NO/c14-13(15,16)18-12-6-2-4-10(8-12)9-3-1-5-11(17)7-9/h2,4,6,8-9,11H,1,3,5,7,17H2. The van der Waals surface area contributed by atoms with Gasteiger partial charge in [-0.25, -0.2) is 0 Å². The van der Waals surface area contributed by atoms with Crippen molar-refractivity contribution in [1.29, 1.82) is 0 Å². The summed E-state index contributed by atoms with van der Waals surface area (Å²) in [5.41, 5.74) is 6.77. The maximum Gasteiger partial charge on any atom is 0.573 e. The van der Waals surface area contributed by atoms with E-state index in [0.29, 0.717) is 0 Å². The van der Waals surface area contributed by atoms with E-state index in [1.807, 2.05) is 6.07 Å². The van der Waals surface area contributed by atoms with Gasteiger partial charge in [-0.05, 0) is 42.9 Å². The topological polar surface area (TPSA) is 35.2 Å². The van der Waals surface area contributed by atoms with Crippen molar-refractivity contribution in [3.05, 3.63) is 29.8 Å². The summed E-state index contributed by atoms with van der Waals surface area (Å²) < 4.78 is 40.3. The number of nitrogens with two attached hydrogens (primary N) is 1. The summed E-state index contributed by atoms with van der Waals surface area (Å²) in [7, 11) is 0. The van der Waals surface area contributed by atoms with Crippen molar-refractivity contribution in [2.24, 2.45) is 5.73 Å². The maximum atomic E-state index is 12.1. The first-order valence-corrected chi connectivity index (χ1v) is 6.05. The van der Waals surface area contributed by atoms with E-state index in [0.717, 1.165) is 31.2 Å². The predicted molar refractivity (Wildman–Crippen MR) is 62.3 cm³/mol. The van der Waals surface area contributed by atoms with Crippen LogP contribution in [-0.4, -0.2) is 12.4 Å². The predicted octanol–water partition coefficient (Wildman–Crippen LogP) is 3.57. The first-order chi connectivity index (χ1) is 8.44. The lowest BCUT2D eigenvalue weighted by atomic mass is 9.82. The van der Waals surface area contributed by atoms with Crippen LogP contribution >= 0.6 is 0 Å². The summed E-state index contributed by atoms with van der Waals surface area (Å²) in [4.78, 5) is 0. The van der Waals surface area contributed by atoms with E-state index in [4.69, 9.17) is 5.73 Å². The fourth-order valence-electron chi connectivity index (χ4n) is 2.50. The van der Waals surface area contributed by atoms with Crippen molar-refractivity contribution < 1.29 is 17.9 Å². The van der Waals surface area contributed by atoms with E-state index >= 15 is 0 Å². The number of ether oxygens (including phenoxy) is 1. The van der Waals surface area contributed by atoms with Gasteiger partial charge in [0.2, 0.25) is 0 Å². The van der Waals surface area contributed by atoms with Crippen molar-refractivity contribution in [3.63, 3.8) is 0 Å². The monoisotopic (exact) mass is 259 g/mol. The van der Waals surface area contributed by atoms with Gasteiger partial charge in [0.15, 0.2) is 0 Å².